The Morgan fingerprint density at radius 2 is 1.55 bits per heavy atom. The number of anilines is 1. The number of nitro groups is 2. The van der Waals surface area contributed by atoms with Crippen molar-refractivity contribution in [2.75, 3.05) is 19.5 Å². The van der Waals surface area contributed by atoms with Crippen LogP contribution in [0.1, 0.15) is 5.56 Å². The molecule has 0 aromatic heterocycles. The molecule has 10 nitrogen and oxygen atoms in total. The Hall–Kier alpha value is -3.37. The average Bonchev–Trinajstić information content (AvgIpc) is 2.65. The molecule has 0 heterocycles. The minimum absolute atomic E-state index is 0.157. The molecule has 2 rings (SSSR count). The van der Waals surface area contributed by atoms with Crippen molar-refractivity contribution in [2.45, 2.75) is 0 Å². The predicted molar refractivity (Wildman–Crippen MR) is 107 cm³/mol. The molecule has 2 aromatic rings. The molecule has 12 heteroatoms. The molecule has 0 aliphatic carbocycles. The van der Waals surface area contributed by atoms with Gasteiger partial charge < -0.3 is 14.8 Å². The monoisotopic (exact) mass is 441 g/mol. The van der Waals surface area contributed by atoms with E-state index in [1.807, 2.05) is 0 Å². The Morgan fingerprint density at radius 1 is 1.00 bits per heavy atom. The van der Waals surface area contributed by atoms with Gasteiger partial charge in [-0.05, 0) is 18.2 Å². The van der Waals surface area contributed by atoms with Gasteiger partial charge in [-0.1, -0.05) is 23.2 Å². The second-order valence-electron chi connectivity index (χ2n) is 5.39. The molecule has 0 bridgehead atoms. The van der Waals surface area contributed by atoms with Gasteiger partial charge in [0, 0.05) is 28.8 Å². The van der Waals surface area contributed by atoms with Crippen LogP contribution >= 0.6 is 23.2 Å². The lowest BCUT2D eigenvalue weighted by molar-refractivity contribution is -0.395. The zero-order chi connectivity index (χ0) is 21.7. The molecule has 0 saturated heterocycles. The lowest BCUT2D eigenvalue weighted by atomic mass is 10.1. The number of halogens is 2. The molecule has 0 saturated carbocycles. The topological polar surface area (TPSA) is 134 Å². The summed E-state index contributed by atoms with van der Waals surface area (Å²) < 4.78 is 9.92. The Labute approximate surface area is 173 Å². The first kappa shape index (κ1) is 21.9. The zero-order valence-corrected chi connectivity index (χ0v) is 16.5. The van der Waals surface area contributed by atoms with E-state index in [-0.39, 0.29) is 16.5 Å². The van der Waals surface area contributed by atoms with Crippen LogP contribution in [-0.4, -0.2) is 30.0 Å². The number of hydrogen-bond donors (Lipinski definition) is 1. The van der Waals surface area contributed by atoms with E-state index in [0.29, 0.717) is 10.6 Å². The highest BCUT2D eigenvalue weighted by Crippen LogP contribution is 2.39. The maximum atomic E-state index is 12.2. The zero-order valence-electron chi connectivity index (χ0n) is 15.0. The quantitative estimate of drug-likeness (QED) is 0.380. The normalized spacial score (nSPS) is 10.6. The highest BCUT2D eigenvalue weighted by atomic mass is 35.5. The molecule has 0 atom stereocenters. The van der Waals surface area contributed by atoms with E-state index in [9.17, 15) is 25.0 Å². The Morgan fingerprint density at radius 3 is 2.03 bits per heavy atom. The number of benzene rings is 2. The van der Waals surface area contributed by atoms with Crippen molar-refractivity contribution in [2.24, 2.45) is 0 Å². The van der Waals surface area contributed by atoms with Crippen LogP contribution in [-0.2, 0) is 4.79 Å². The van der Waals surface area contributed by atoms with E-state index in [1.165, 1.54) is 25.3 Å². The first-order valence-electron chi connectivity index (χ1n) is 7.70. The van der Waals surface area contributed by atoms with Crippen molar-refractivity contribution < 1.29 is 24.1 Å². The molecule has 0 aliphatic heterocycles. The van der Waals surface area contributed by atoms with Crippen LogP contribution in [0.2, 0.25) is 10.0 Å². The molecule has 1 amide bonds. The van der Waals surface area contributed by atoms with Gasteiger partial charge in [-0.2, -0.15) is 0 Å². The molecule has 152 valence electrons. The molecule has 29 heavy (non-hydrogen) atoms. The molecule has 0 radical (unpaired) electrons. The number of rotatable bonds is 7. The highest BCUT2D eigenvalue weighted by molar-refractivity contribution is 6.36. The smallest absolute Gasteiger partial charge is 0.320 e. The minimum Gasteiger partial charge on any atom is -0.495 e. The predicted octanol–water partition coefficient (Wildman–Crippen LogP) is 4.48. The largest absolute Gasteiger partial charge is 0.495 e. The molecule has 0 aliphatic rings. The standard InChI is InChI=1S/C17H13Cl2N3O7/c1-28-16-9(5-10(18)6-12(16)19)3-4-15(23)20-11-7-13(21(24)25)17(29-2)14(8-11)22(26)27/h3-8H,1-2H3,(H,20,23)/b4-3+. The third kappa shape index (κ3) is 5.12. The number of ether oxygens (including phenoxy) is 2. The summed E-state index contributed by atoms with van der Waals surface area (Å²) in [6, 6.07) is 4.89. The second-order valence-corrected chi connectivity index (χ2v) is 6.24. The van der Waals surface area contributed by atoms with Crippen molar-refractivity contribution in [3.8, 4) is 11.5 Å². The van der Waals surface area contributed by atoms with Gasteiger partial charge in [0.05, 0.1) is 34.8 Å². The van der Waals surface area contributed by atoms with Crippen LogP contribution in [0.25, 0.3) is 6.08 Å². The number of carbonyl (C=O) groups is 1. The van der Waals surface area contributed by atoms with Gasteiger partial charge in [-0.15, -0.1) is 0 Å². The first-order valence-corrected chi connectivity index (χ1v) is 8.46. The minimum atomic E-state index is -0.851. The van der Waals surface area contributed by atoms with E-state index < -0.39 is 32.9 Å². The summed E-state index contributed by atoms with van der Waals surface area (Å²) in [5.41, 5.74) is -1.07. The summed E-state index contributed by atoms with van der Waals surface area (Å²) in [5.74, 6) is -0.945. The van der Waals surface area contributed by atoms with E-state index in [0.717, 1.165) is 25.3 Å². The summed E-state index contributed by atoms with van der Waals surface area (Å²) >= 11 is 12.0. The number of carbonyl (C=O) groups excluding carboxylic acids is 1. The molecule has 0 unspecified atom stereocenters. The lowest BCUT2D eigenvalue weighted by Gasteiger charge is -2.08. The Bertz CT molecular complexity index is 989. The van der Waals surface area contributed by atoms with Crippen LogP contribution in [0.15, 0.2) is 30.3 Å². The van der Waals surface area contributed by atoms with Gasteiger partial charge in [-0.25, -0.2) is 0 Å². The number of nitrogens with one attached hydrogen (secondary N) is 1. The van der Waals surface area contributed by atoms with Crippen molar-refractivity contribution >= 4 is 52.2 Å². The third-order valence-corrected chi connectivity index (χ3v) is 4.07. The summed E-state index contributed by atoms with van der Waals surface area (Å²) in [7, 11) is 2.46. The number of nitrogens with zero attached hydrogens (tertiary/aromatic N) is 2. The fourth-order valence-electron chi connectivity index (χ4n) is 2.42. The van der Waals surface area contributed by atoms with Gasteiger partial charge in [0.25, 0.3) is 5.75 Å². The highest BCUT2D eigenvalue weighted by Gasteiger charge is 2.28. The fraction of sp³-hybridized carbons (Fsp3) is 0.118. The van der Waals surface area contributed by atoms with Gasteiger partial charge >= 0.3 is 11.4 Å². The van der Waals surface area contributed by atoms with Crippen molar-refractivity contribution in [3.05, 3.63) is 66.2 Å². The Balaban J connectivity index is 2.35. The fourth-order valence-corrected chi connectivity index (χ4v) is 3.01. The Kier molecular flexibility index (Phi) is 6.97. The molecule has 1 N–H and O–H groups in total. The van der Waals surface area contributed by atoms with Gasteiger partial charge in [-0.3, -0.25) is 25.0 Å². The molecule has 2 aromatic carbocycles. The van der Waals surface area contributed by atoms with Crippen molar-refractivity contribution in [1.29, 1.82) is 0 Å². The van der Waals surface area contributed by atoms with Crippen LogP contribution in [0.5, 0.6) is 11.5 Å². The SMILES string of the molecule is COc1c(Cl)cc(Cl)cc1/C=C/C(=O)Nc1cc([N+](=O)[O-])c(OC)c([N+](=O)[O-])c1. The summed E-state index contributed by atoms with van der Waals surface area (Å²) in [5, 5.41) is 25.2. The first-order chi connectivity index (χ1) is 13.7. The molecule has 0 fully saturated rings. The molecular weight excluding hydrogens is 429 g/mol. The average molecular weight is 442 g/mol. The third-order valence-electron chi connectivity index (χ3n) is 3.57. The number of methoxy groups -OCH3 is 2. The van der Waals surface area contributed by atoms with E-state index in [2.05, 4.69) is 5.32 Å². The summed E-state index contributed by atoms with van der Waals surface area (Å²) in [6.45, 7) is 0. The molecular formula is C17H13Cl2N3O7. The van der Waals surface area contributed by atoms with Crippen LogP contribution < -0.4 is 14.8 Å². The maximum Gasteiger partial charge on any atom is 0.320 e. The summed E-state index contributed by atoms with van der Waals surface area (Å²) in [6.07, 6.45) is 2.45. The van der Waals surface area contributed by atoms with E-state index in [4.69, 9.17) is 32.7 Å². The van der Waals surface area contributed by atoms with E-state index in [1.54, 1.807) is 0 Å². The van der Waals surface area contributed by atoms with Gasteiger partial charge in [0.2, 0.25) is 5.91 Å². The van der Waals surface area contributed by atoms with Crippen molar-refractivity contribution in [1.82, 2.24) is 0 Å². The number of amides is 1. The van der Waals surface area contributed by atoms with E-state index >= 15 is 0 Å². The van der Waals surface area contributed by atoms with Crippen LogP contribution in [0.4, 0.5) is 17.1 Å². The lowest BCUT2D eigenvalue weighted by Crippen LogP contribution is -2.09. The van der Waals surface area contributed by atoms with Gasteiger partial charge in [0.15, 0.2) is 0 Å². The number of nitro benzene ring substituents is 2. The van der Waals surface area contributed by atoms with Crippen molar-refractivity contribution in [3.63, 3.8) is 0 Å². The summed E-state index contributed by atoms with van der Waals surface area (Å²) in [4.78, 5) is 32.8. The molecule has 0 spiro atoms. The van der Waals surface area contributed by atoms with Crippen LogP contribution in [0.3, 0.4) is 0 Å². The number of hydrogen-bond acceptors (Lipinski definition) is 7. The second kappa shape index (κ2) is 9.22. The maximum absolute atomic E-state index is 12.2. The van der Waals surface area contributed by atoms with Gasteiger partial charge in [0.1, 0.15) is 5.75 Å². The van der Waals surface area contributed by atoms with Crippen LogP contribution in [0, 0.1) is 20.2 Å².